The molecule has 8 nitrogen and oxygen atoms in total. The topological polar surface area (TPSA) is 72.1 Å². The van der Waals surface area contributed by atoms with Gasteiger partial charge in [0.05, 0.1) is 16.4 Å². The molecular weight excluding hydrogens is 406 g/mol. The van der Waals surface area contributed by atoms with Crippen LogP contribution in [-0.2, 0) is 11.8 Å². The van der Waals surface area contributed by atoms with Crippen molar-refractivity contribution >= 4 is 39.6 Å². The van der Waals surface area contributed by atoms with Crippen LogP contribution in [0, 0.1) is 0 Å². The Morgan fingerprint density at radius 3 is 2.38 bits per heavy atom. The molecule has 0 atom stereocenters. The summed E-state index contributed by atoms with van der Waals surface area (Å²) in [5.74, 6) is 0.800. The van der Waals surface area contributed by atoms with Crippen molar-refractivity contribution in [1.29, 1.82) is 0 Å². The van der Waals surface area contributed by atoms with Gasteiger partial charge in [0, 0.05) is 39.3 Å². The summed E-state index contributed by atoms with van der Waals surface area (Å²) in [5.41, 5.74) is 2.96. The molecule has 0 saturated carbocycles. The molecule has 1 aliphatic rings. The minimum atomic E-state index is -0.509. The molecule has 0 unspecified atom stereocenters. The zero-order valence-electron chi connectivity index (χ0n) is 18.8. The number of carbonyl (C=O) groups excluding carboxylic acids is 1. The second-order valence-electron chi connectivity index (χ2n) is 9.24. The number of hydrogen-bond acceptors (Lipinski definition) is 5. The summed E-state index contributed by atoms with van der Waals surface area (Å²) in [6.45, 7) is 8.04. The van der Waals surface area contributed by atoms with E-state index >= 15 is 0 Å². The fourth-order valence-corrected chi connectivity index (χ4v) is 4.33. The van der Waals surface area contributed by atoms with Crippen molar-refractivity contribution in [3.05, 3.63) is 52.7 Å². The number of rotatable bonds is 1. The van der Waals surface area contributed by atoms with Gasteiger partial charge in [0.2, 0.25) is 0 Å². The second kappa shape index (κ2) is 7.25. The molecule has 4 heterocycles. The number of nitrogens with zero attached hydrogens (tertiary/aromatic N) is 5. The van der Waals surface area contributed by atoms with Crippen molar-refractivity contribution in [2.75, 3.05) is 31.1 Å². The minimum Gasteiger partial charge on any atom is -0.444 e. The summed E-state index contributed by atoms with van der Waals surface area (Å²) < 4.78 is 9.56. The van der Waals surface area contributed by atoms with E-state index in [0.717, 1.165) is 22.5 Å². The van der Waals surface area contributed by atoms with E-state index in [1.54, 1.807) is 11.0 Å². The number of anilines is 1. The summed E-state index contributed by atoms with van der Waals surface area (Å²) in [6, 6.07) is 13.5. The molecule has 32 heavy (non-hydrogen) atoms. The van der Waals surface area contributed by atoms with Gasteiger partial charge in [-0.2, -0.15) is 0 Å². The zero-order chi connectivity index (χ0) is 22.6. The highest BCUT2D eigenvalue weighted by molar-refractivity contribution is 5.90. The molecule has 0 aliphatic carbocycles. The predicted molar refractivity (Wildman–Crippen MR) is 125 cm³/mol. The fourth-order valence-electron chi connectivity index (χ4n) is 4.33. The number of pyridine rings is 2. The van der Waals surface area contributed by atoms with Gasteiger partial charge in [-0.05, 0) is 45.0 Å². The molecule has 0 spiro atoms. The standard InChI is InChI=1S/C24H27N5O3/c1-24(2,3)32-23(31)28-13-11-27(12-14-28)20-10-9-16-19(30)15-21-26(4)17-7-5-6-8-18(17)29(21)22(16)25-20/h5-10,15H,11-14H2,1-4H3. The van der Waals surface area contributed by atoms with Gasteiger partial charge in [-0.3, -0.25) is 9.20 Å². The SMILES string of the molecule is Cn1c2ccccc2n2c3nc(N4CCN(C(=O)OC(C)(C)C)CC4)ccc3c(=O)cc12. The highest BCUT2D eigenvalue weighted by Gasteiger charge is 2.26. The van der Waals surface area contributed by atoms with E-state index in [1.807, 2.05) is 73.2 Å². The molecule has 4 aromatic rings. The normalized spacial score (nSPS) is 15.1. The number of ether oxygens (including phenoxy) is 1. The number of amides is 1. The maximum absolute atomic E-state index is 12.8. The molecule has 1 fully saturated rings. The van der Waals surface area contributed by atoms with E-state index in [-0.39, 0.29) is 11.5 Å². The Morgan fingerprint density at radius 2 is 1.69 bits per heavy atom. The summed E-state index contributed by atoms with van der Waals surface area (Å²) >= 11 is 0. The molecule has 3 aromatic heterocycles. The molecule has 1 amide bonds. The number of piperazine rings is 1. The molecule has 1 saturated heterocycles. The Kier molecular flexibility index (Phi) is 4.62. The number of aromatic nitrogens is 3. The Labute approximate surface area is 185 Å². The van der Waals surface area contributed by atoms with E-state index < -0.39 is 5.60 Å². The zero-order valence-corrected chi connectivity index (χ0v) is 18.8. The van der Waals surface area contributed by atoms with Crippen LogP contribution in [0.1, 0.15) is 20.8 Å². The third-order valence-corrected chi connectivity index (χ3v) is 5.91. The number of imidazole rings is 1. The van der Waals surface area contributed by atoms with E-state index in [1.165, 1.54) is 0 Å². The molecular formula is C24H27N5O3. The maximum Gasteiger partial charge on any atom is 0.410 e. The first-order chi connectivity index (χ1) is 15.2. The second-order valence-corrected chi connectivity index (χ2v) is 9.24. The van der Waals surface area contributed by atoms with E-state index in [0.29, 0.717) is 37.2 Å². The minimum absolute atomic E-state index is 0.0419. The summed E-state index contributed by atoms with van der Waals surface area (Å²) in [6.07, 6.45) is -0.285. The van der Waals surface area contributed by atoms with Crippen molar-refractivity contribution in [3.8, 4) is 0 Å². The van der Waals surface area contributed by atoms with Gasteiger partial charge < -0.3 is 19.1 Å². The average molecular weight is 434 g/mol. The molecule has 0 N–H and O–H groups in total. The van der Waals surface area contributed by atoms with Crippen molar-refractivity contribution in [2.45, 2.75) is 26.4 Å². The largest absolute Gasteiger partial charge is 0.444 e. The lowest BCUT2D eigenvalue weighted by atomic mass is 10.2. The molecule has 0 bridgehead atoms. The summed E-state index contributed by atoms with van der Waals surface area (Å²) in [5, 5.41) is 0.593. The van der Waals surface area contributed by atoms with Gasteiger partial charge in [-0.1, -0.05) is 12.1 Å². The molecule has 1 aromatic carbocycles. The average Bonchev–Trinajstić information content (AvgIpc) is 3.05. The smallest absolute Gasteiger partial charge is 0.410 e. The van der Waals surface area contributed by atoms with Crippen LogP contribution < -0.4 is 10.3 Å². The van der Waals surface area contributed by atoms with Crippen molar-refractivity contribution < 1.29 is 9.53 Å². The van der Waals surface area contributed by atoms with Crippen LogP contribution in [0.2, 0.25) is 0 Å². The number of aryl methyl sites for hydroxylation is 1. The van der Waals surface area contributed by atoms with Crippen LogP contribution in [0.5, 0.6) is 0 Å². The molecule has 166 valence electrons. The lowest BCUT2D eigenvalue weighted by Crippen LogP contribution is -2.50. The quantitative estimate of drug-likeness (QED) is 0.460. The van der Waals surface area contributed by atoms with E-state index in [2.05, 4.69) is 4.90 Å². The van der Waals surface area contributed by atoms with Crippen LogP contribution in [-0.4, -0.2) is 56.7 Å². The maximum atomic E-state index is 12.8. The molecule has 8 heteroatoms. The number of benzene rings is 1. The third kappa shape index (κ3) is 3.36. The molecule has 1 aliphatic heterocycles. The monoisotopic (exact) mass is 433 g/mol. The molecule has 5 rings (SSSR count). The van der Waals surface area contributed by atoms with Gasteiger partial charge in [-0.15, -0.1) is 0 Å². The first kappa shape index (κ1) is 20.4. The first-order valence-electron chi connectivity index (χ1n) is 10.9. The van der Waals surface area contributed by atoms with Gasteiger partial charge in [0.25, 0.3) is 0 Å². The van der Waals surface area contributed by atoms with Gasteiger partial charge in [0.1, 0.15) is 17.1 Å². The fraction of sp³-hybridized carbons (Fsp3) is 0.375. The number of hydrogen-bond donors (Lipinski definition) is 0. The van der Waals surface area contributed by atoms with Gasteiger partial charge >= 0.3 is 6.09 Å². The Morgan fingerprint density at radius 1 is 1.00 bits per heavy atom. The van der Waals surface area contributed by atoms with Crippen LogP contribution >= 0.6 is 0 Å². The number of carbonyl (C=O) groups is 1. The lowest BCUT2D eigenvalue weighted by molar-refractivity contribution is 0.0240. The van der Waals surface area contributed by atoms with Crippen LogP contribution in [0.4, 0.5) is 10.6 Å². The van der Waals surface area contributed by atoms with Crippen molar-refractivity contribution in [2.24, 2.45) is 7.05 Å². The van der Waals surface area contributed by atoms with Crippen molar-refractivity contribution in [3.63, 3.8) is 0 Å². The van der Waals surface area contributed by atoms with Crippen LogP contribution in [0.3, 0.4) is 0 Å². The Balaban J connectivity index is 1.52. The Bertz CT molecular complexity index is 1400. The molecule has 0 radical (unpaired) electrons. The highest BCUT2D eigenvalue weighted by Crippen LogP contribution is 2.25. The first-order valence-corrected chi connectivity index (χ1v) is 10.9. The predicted octanol–water partition coefficient (Wildman–Crippen LogP) is 3.40. The van der Waals surface area contributed by atoms with Gasteiger partial charge in [0.15, 0.2) is 11.1 Å². The van der Waals surface area contributed by atoms with Crippen LogP contribution in [0.15, 0.2) is 47.3 Å². The number of fused-ring (bicyclic) bond motifs is 5. The number of para-hydroxylation sites is 2. The third-order valence-electron chi connectivity index (χ3n) is 5.91. The van der Waals surface area contributed by atoms with Crippen LogP contribution in [0.25, 0.3) is 27.7 Å². The summed E-state index contributed by atoms with van der Waals surface area (Å²) in [4.78, 5) is 34.0. The van der Waals surface area contributed by atoms with E-state index in [9.17, 15) is 9.59 Å². The summed E-state index contributed by atoms with van der Waals surface area (Å²) in [7, 11) is 1.96. The highest BCUT2D eigenvalue weighted by atomic mass is 16.6. The van der Waals surface area contributed by atoms with Gasteiger partial charge in [-0.25, -0.2) is 9.78 Å². The van der Waals surface area contributed by atoms with Crippen molar-refractivity contribution in [1.82, 2.24) is 18.9 Å². The lowest BCUT2D eigenvalue weighted by Gasteiger charge is -2.36. The van der Waals surface area contributed by atoms with E-state index in [4.69, 9.17) is 9.72 Å². The Hall–Kier alpha value is -3.55.